The molecule has 0 radical (unpaired) electrons. The Bertz CT molecular complexity index is 902. The molecule has 0 aromatic heterocycles. The molecule has 2 amide bonds. The van der Waals surface area contributed by atoms with Gasteiger partial charge in [-0.15, -0.1) is 10.1 Å². The van der Waals surface area contributed by atoms with Gasteiger partial charge in [0, 0.05) is 13.1 Å². The number of imide groups is 1. The van der Waals surface area contributed by atoms with Crippen LogP contribution in [0.25, 0.3) is 0 Å². The van der Waals surface area contributed by atoms with Crippen LogP contribution in [-0.4, -0.2) is 60.1 Å². The number of fused-ring (bicyclic) bond motifs is 1. The van der Waals surface area contributed by atoms with Crippen molar-refractivity contribution in [1.82, 2.24) is 9.80 Å². The summed E-state index contributed by atoms with van der Waals surface area (Å²) in [6.45, 7) is 1.15. The predicted molar refractivity (Wildman–Crippen MR) is 103 cm³/mol. The Morgan fingerprint density at radius 3 is 2.52 bits per heavy atom. The second kappa shape index (κ2) is 9.16. The van der Waals surface area contributed by atoms with E-state index in [1.54, 1.807) is 12.1 Å². The van der Waals surface area contributed by atoms with Crippen LogP contribution in [0.4, 0.5) is 0 Å². The molecule has 0 unspecified atom stereocenters. The third kappa shape index (κ3) is 4.88. The topological polar surface area (TPSA) is 102 Å². The Hall–Kier alpha value is -3.46. The van der Waals surface area contributed by atoms with Gasteiger partial charge in [-0.2, -0.15) is 0 Å². The largest absolute Gasteiger partial charge is 0.491 e. The third-order valence-corrected chi connectivity index (χ3v) is 4.50. The fourth-order valence-electron chi connectivity index (χ4n) is 3.12. The molecule has 0 atom stereocenters. The molecular formula is C20H21N3O6. The number of hydrogen-bond acceptors (Lipinski definition) is 7. The predicted octanol–water partition coefficient (Wildman–Crippen LogP) is 2.00. The fraction of sp³-hybridized carbons (Fsp3) is 0.300. The number of hydrogen-bond donors (Lipinski definition) is 0. The average Bonchev–Trinajstić information content (AvgIpc) is 2.94. The SMILES string of the molecule is CN(CCOc1cccc2c1C(=O)N(CCO[N+](=O)[O-])C2=O)Cc1ccccc1. The van der Waals surface area contributed by atoms with Crippen LogP contribution in [0.5, 0.6) is 5.75 Å². The molecule has 29 heavy (non-hydrogen) atoms. The molecule has 0 bridgehead atoms. The Morgan fingerprint density at radius 1 is 1.03 bits per heavy atom. The van der Waals surface area contributed by atoms with Gasteiger partial charge in [0.25, 0.3) is 16.9 Å². The van der Waals surface area contributed by atoms with Gasteiger partial charge < -0.3 is 9.57 Å². The first-order chi connectivity index (χ1) is 14.0. The lowest BCUT2D eigenvalue weighted by atomic mass is 10.1. The van der Waals surface area contributed by atoms with Gasteiger partial charge in [0.2, 0.25) is 0 Å². The molecule has 2 aromatic carbocycles. The smallest absolute Gasteiger partial charge is 0.294 e. The van der Waals surface area contributed by atoms with Gasteiger partial charge in [0.15, 0.2) is 0 Å². The van der Waals surface area contributed by atoms with Crippen LogP contribution in [0, 0.1) is 10.1 Å². The lowest BCUT2D eigenvalue weighted by molar-refractivity contribution is -0.757. The molecule has 0 N–H and O–H groups in total. The van der Waals surface area contributed by atoms with E-state index in [4.69, 9.17) is 4.74 Å². The first kappa shape index (κ1) is 20.3. The molecule has 0 saturated carbocycles. The molecule has 1 aliphatic heterocycles. The molecular weight excluding hydrogens is 378 g/mol. The summed E-state index contributed by atoms with van der Waals surface area (Å²) in [7, 11) is 1.97. The van der Waals surface area contributed by atoms with Gasteiger partial charge in [-0.3, -0.25) is 19.4 Å². The first-order valence-electron chi connectivity index (χ1n) is 9.09. The number of likely N-dealkylation sites (N-methyl/N-ethyl adjacent to an activating group) is 1. The van der Waals surface area contributed by atoms with Crippen LogP contribution in [-0.2, 0) is 11.4 Å². The molecule has 0 spiro atoms. The van der Waals surface area contributed by atoms with Crippen LogP contribution in [0.2, 0.25) is 0 Å². The van der Waals surface area contributed by atoms with Crippen molar-refractivity contribution in [2.45, 2.75) is 6.54 Å². The number of ether oxygens (including phenoxy) is 1. The fourth-order valence-corrected chi connectivity index (χ4v) is 3.12. The molecule has 152 valence electrons. The van der Waals surface area contributed by atoms with E-state index in [2.05, 4.69) is 9.74 Å². The van der Waals surface area contributed by atoms with E-state index in [0.717, 1.165) is 11.4 Å². The van der Waals surface area contributed by atoms with E-state index in [9.17, 15) is 19.7 Å². The maximum Gasteiger partial charge on any atom is 0.294 e. The zero-order valence-electron chi connectivity index (χ0n) is 15.9. The quantitative estimate of drug-likeness (QED) is 0.342. The summed E-state index contributed by atoms with van der Waals surface area (Å²) < 4.78 is 5.79. The second-order valence-electron chi connectivity index (χ2n) is 6.57. The number of benzene rings is 2. The maximum absolute atomic E-state index is 12.6. The van der Waals surface area contributed by atoms with E-state index in [1.807, 2.05) is 37.4 Å². The van der Waals surface area contributed by atoms with Crippen molar-refractivity contribution >= 4 is 11.8 Å². The molecule has 1 heterocycles. The van der Waals surface area contributed by atoms with Crippen molar-refractivity contribution in [1.29, 1.82) is 0 Å². The zero-order valence-corrected chi connectivity index (χ0v) is 15.9. The van der Waals surface area contributed by atoms with E-state index < -0.39 is 16.9 Å². The van der Waals surface area contributed by atoms with Crippen molar-refractivity contribution in [3.8, 4) is 5.75 Å². The Labute approximate surface area is 167 Å². The van der Waals surface area contributed by atoms with Gasteiger partial charge in [0.05, 0.1) is 17.7 Å². The van der Waals surface area contributed by atoms with Crippen molar-refractivity contribution in [2.75, 3.05) is 33.4 Å². The highest BCUT2D eigenvalue weighted by molar-refractivity contribution is 6.22. The lowest BCUT2D eigenvalue weighted by Crippen LogP contribution is -2.33. The summed E-state index contributed by atoms with van der Waals surface area (Å²) >= 11 is 0. The standard InChI is InChI=1S/C20H21N3O6/c1-21(14-15-6-3-2-4-7-15)10-12-28-17-9-5-8-16-18(17)20(25)22(19(16)24)11-13-29-23(26)27/h2-9H,10-14H2,1H3. The summed E-state index contributed by atoms with van der Waals surface area (Å²) in [5.74, 6) is -0.722. The van der Waals surface area contributed by atoms with Crippen molar-refractivity contribution in [2.24, 2.45) is 0 Å². The molecule has 0 saturated heterocycles. The third-order valence-electron chi connectivity index (χ3n) is 4.50. The molecule has 9 heteroatoms. The van der Waals surface area contributed by atoms with E-state index in [-0.39, 0.29) is 24.3 Å². The number of carbonyl (C=O) groups excluding carboxylic acids is 2. The monoisotopic (exact) mass is 399 g/mol. The summed E-state index contributed by atoms with van der Waals surface area (Å²) in [5, 5.41) is 9.31. The van der Waals surface area contributed by atoms with Gasteiger partial charge in [-0.1, -0.05) is 36.4 Å². The van der Waals surface area contributed by atoms with Crippen LogP contribution in [0.3, 0.4) is 0 Å². The first-order valence-corrected chi connectivity index (χ1v) is 9.09. The minimum Gasteiger partial charge on any atom is -0.491 e. The van der Waals surface area contributed by atoms with Gasteiger partial charge >= 0.3 is 0 Å². The van der Waals surface area contributed by atoms with Crippen LogP contribution in [0.1, 0.15) is 26.3 Å². The van der Waals surface area contributed by atoms with E-state index in [0.29, 0.717) is 18.9 Å². The minimum atomic E-state index is -0.960. The Balaban J connectivity index is 1.59. The lowest BCUT2D eigenvalue weighted by Gasteiger charge is -2.17. The number of nitrogens with zero attached hydrogens (tertiary/aromatic N) is 3. The second-order valence-corrected chi connectivity index (χ2v) is 6.57. The van der Waals surface area contributed by atoms with Crippen molar-refractivity contribution < 1.29 is 24.3 Å². The number of rotatable bonds is 10. The molecule has 3 rings (SSSR count). The molecule has 2 aromatic rings. The highest BCUT2D eigenvalue weighted by atomic mass is 16.9. The highest BCUT2D eigenvalue weighted by Gasteiger charge is 2.37. The average molecular weight is 399 g/mol. The normalized spacial score (nSPS) is 13.0. The molecule has 0 aliphatic carbocycles. The number of amides is 2. The van der Waals surface area contributed by atoms with Crippen LogP contribution >= 0.6 is 0 Å². The summed E-state index contributed by atoms with van der Waals surface area (Å²) in [6, 6.07) is 14.8. The summed E-state index contributed by atoms with van der Waals surface area (Å²) in [5.41, 5.74) is 1.60. The number of carbonyl (C=O) groups is 2. The molecule has 0 fully saturated rings. The van der Waals surface area contributed by atoms with Crippen molar-refractivity contribution in [3.05, 3.63) is 75.3 Å². The zero-order chi connectivity index (χ0) is 20.8. The maximum atomic E-state index is 12.6. The van der Waals surface area contributed by atoms with Gasteiger partial charge in [0.1, 0.15) is 19.0 Å². The Morgan fingerprint density at radius 2 is 1.79 bits per heavy atom. The van der Waals surface area contributed by atoms with Gasteiger partial charge in [-0.05, 0) is 24.7 Å². The van der Waals surface area contributed by atoms with Crippen LogP contribution < -0.4 is 4.74 Å². The molecule has 9 nitrogen and oxygen atoms in total. The van der Waals surface area contributed by atoms with Gasteiger partial charge in [-0.25, -0.2) is 0 Å². The van der Waals surface area contributed by atoms with E-state index in [1.165, 1.54) is 11.6 Å². The van der Waals surface area contributed by atoms with Crippen LogP contribution in [0.15, 0.2) is 48.5 Å². The summed E-state index contributed by atoms with van der Waals surface area (Å²) in [6.07, 6.45) is 0. The van der Waals surface area contributed by atoms with E-state index >= 15 is 0 Å². The molecule has 1 aliphatic rings. The Kier molecular flexibility index (Phi) is 6.40. The minimum absolute atomic E-state index is 0.185. The summed E-state index contributed by atoms with van der Waals surface area (Å²) in [4.78, 5) is 42.6. The highest BCUT2D eigenvalue weighted by Crippen LogP contribution is 2.30. The van der Waals surface area contributed by atoms with Crippen molar-refractivity contribution in [3.63, 3.8) is 0 Å².